The average Bonchev–Trinajstić information content (AvgIpc) is 2.49. The number of nitrogens with zero attached hydrogens (tertiary/aromatic N) is 1. The number of methoxy groups -OCH3 is 1. The van der Waals surface area contributed by atoms with Gasteiger partial charge in [0.1, 0.15) is 0 Å². The summed E-state index contributed by atoms with van der Waals surface area (Å²) in [6.07, 6.45) is 2.68. The van der Waals surface area contributed by atoms with E-state index in [1.165, 1.54) is 43.6 Å². The highest BCUT2D eigenvalue weighted by atomic mass is 16.5. The Bertz CT molecular complexity index is 386. The topological polar surface area (TPSA) is 24.5 Å². The Labute approximate surface area is 123 Å². The molecule has 0 amide bonds. The Kier molecular flexibility index (Phi) is 6.51. The third-order valence-electron chi connectivity index (χ3n) is 4.22. The van der Waals surface area contributed by atoms with Gasteiger partial charge in [0.25, 0.3) is 0 Å². The molecule has 1 aromatic carbocycles. The van der Waals surface area contributed by atoms with E-state index < -0.39 is 0 Å². The molecule has 1 heterocycles. The Balaban J connectivity index is 1.69. The summed E-state index contributed by atoms with van der Waals surface area (Å²) < 4.78 is 5.18. The van der Waals surface area contributed by atoms with Gasteiger partial charge in [0.05, 0.1) is 6.61 Å². The molecule has 1 aliphatic heterocycles. The Morgan fingerprint density at radius 2 is 2.00 bits per heavy atom. The summed E-state index contributed by atoms with van der Waals surface area (Å²) in [4.78, 5) is 2.55. The average molecular weight is 276 g/mol. The van der Waals surface area contributed by atoms with E-state index in [4.69, 9.17) is 4.74 Å². The molecule has 0 saturated carbocycles. The minimum Gasteiger partial charge on any atom is -0.380 e. The van der Waals surface area contributed by atoms with Crippen LogP contribution in [0.2, 0.25) is 0 Å². The lowest BCUT2D eigenvalue weighted by molar-refractivity contribution is 0.184. The Hall–Kier alpha value is -0.900. The van der Waals surface area contributed by atoms with Crippen LogP contribution >= 0.6 is 0 Å². The second kappa shape index (κ2) is 8.40. The minimum absolute atomic E-state index is 0.698. The zero-order valence-corrected chi connectivity index (χ0v) is 12.9. The number of piperidine rings is 1. The summed E-state index contributed by atoms with van der Waals surface area (Å²) in [5, 5.41) is 3.61. The summed E-state index contributed by atoms with van der Waals surface area (Å²) in [6.45, 7) is 8.80. The number of ether oxygens (including phenoxy) is 1. The molecule has 0 radical (unpaired) electrons. The molecule has 1 saturated heterocycles. The molecule has 1 aromatic rings. The van der Waals surface area contributed by atoms with E-state index in [0.29, 0.717) is 6.61 Å². The minimum atomic E-state index is 0.698. The van der Waals surface area contributed by atoms with E-state index in [2.05, 4.69) is 41.4 Å². The Morgan fingerprint density at radius 3 is 2.70 bits per heavy atom. The molecule has 1 aliphatic rings. The van der Waals surface area contributed by atoms with Crippen LogP contribution in [0.1, 0.15) is 30.9 Å². The second-order valence-electron chi connectivity index (χ2n) is 5.76. The van der Waals surface area contributed by atoms with Gasteiger partial charge in [-0.15, -0.1) is 0 Å². The highest BCUT2D eigenvalue weighted by Crippen LogP contribution is 2.16. The standard InChI is InChI=1S/C17H28N2O/c1-3-19-9-7-15(8-10-19)12-18-13-16-5-4-6-17(11-16)14-20-2/h4-6,11,15,18H,3,7-10,12-14H2,1-2H3. The summed E-state index contributed by atoms with van der Waals surface area (Å²) in [5.74, 6) is 0.847. The molecule has 0 atom stereocenters. The van der Waals surface area contributed by atoms with Crippen LogP contribution in [0.3, 0.4) is 0 Å². The SMILES string of the molecule is CCN1CCC(CNCc2cccc(COC)c2)CC1. The van der Waals surface area contributed by atoms with Crippen molar-refractivity contribution in [3.63, 3.8) is 0 Å². The monoisotopic (exact) mass is 276 g/mol. The molecule has 0 aromatic heterocycles. The van der Waals surface area contributed by atoms with Crippen molar-refractivity contribution in [2.24, 2.45) is 5.92 Å². The van der Waals surface area contributed by atoms with Crippen molar-refractivity contribution in [1.29, 1.82) is 0 Å². The molecule has 20 heavy (non-hydrogen) atoms. The van der Waals surface area contributed by atoms with Crippen LogP contribution in [0.15, 0.2) is 24.3 Å². The second-order valence-corrected chi connectivity index (χ2v) is 5.76. The zero-order valence-electron chi connectivity index (χ0n) is 12.9. The van der Waals surface area contributed by atoms with Gasteiger partial charge in [0.2, 0.25) is 0 Å². The van der Waals surface area contributed by atoms with Crippen molar-refractivity contribution in [3.8, 4) is 0 Å². The molecule has 3 heteroatoms. The highest BCUT2D eigenvalue weighted by Gasteiger charge is 2.17. The maximum atomic E-state index is 5.18. The maximum absolute atomic E-state index is 5.18. The molecule has 3 nitrogen and oxygen atoms in total. The number of nitrogens with one attached hydrogen (secondary N) is 1. The predicted molar refractivity (Wildman–Crippen MR) is 83.7 cm³/mol. The van der Waals surface area contributed by atoms with E-state index in [1.54, 1.807) is 7.11 Å². The van der Waals surface area contributed by atoms with Crippen molar-refractivity contribution < 1.29 is 4.74 Å². The first-order chi connectivity index (χ1) is 9.81. The first-order valence-corrected chi connectivity index (χ1v) is 7.81. The van der Waals surface area contributed by atoms with Gasteiger partial charge in [-0.3, -0.25) is 0 Å². The largest absolute Gasteiger partial charge is 0.380 e. The van der Waals surface area contributed by atoms with Crippen LogP contribution in [0.5, 0.6) is 0 Å². The summed E-state index contributed by atoms with van der Waals surface area (Å²) in [5.41, 5.74) is 2.61. The smallest absolute Gasteiger partial charge is 0.0713 e. The van der Waals surface area contributed by atoms with Gasteiger partial charge in [-0.05, 0) is 56.1 Å². The number of hydrogen-bond donors (Lipinski definition) is 1. The van der Waals surface area contributed by atoms with Gasteiger partial charge in [0, 0.05) is 13.7 Å². The molecular formula is C17H28N2O. The molecular weight excluding hydrogens is 248 g/mol. The number of hydrogen-bond acceptors (Lipinski definition) is 3. The molecule has 1 fully saturated rings. The van der Waals surface area contributed by atoms with Gasteiger partial charge in [0.15, 0.2) is 0 Å². The highest BCUT2D eigenvalue weighted by molar-refractivity contribution is 5.22. The lowest BCUT2D eigenvalue weighted by Gasteiger charge is -2.31. The quantitative estimate of drug-likeness (QED) is 0.828. The first-order valence-electron chi connectivity index (χ1n) is 7.81. The molecule has 2 rings (SSSR count). The fourth-order valence-electron chi connectivity index (χ4n) is 2.92. The summed E-state index contributed by atoms with van der Waals surface area (Å²) >= 11 is 0. The fraction of sp³-hybridized carbons (Fsp3) is 0.647. The molecule has 0 spiro atoms. The van der Waals surface area contributed by atoms with Crippen LogP contribution in [0.25, 0.3) is 0 Å². The van der Waals surface area contributed by atoms with Crippen molar-refractivity contribution in [2.45, 2.75) is 32.9 Å². The van der Waals surface area contributed by atoms with E-state index >= 15 is 0 Å². The van der Waals surface area contributed by atoms with Crippen molar-refractivity contribution >= 4 is 0 Å². The van der Waals surface area contributed by atoms with Gasteiger partial charge in [-0.25, -0.2) is 0 Å². The lowest BCUT2D eigenvalue weighted by atomic mass is 9.97. The van der Waals surface area contributed by atoms with Gasteiger partial charge in [-0.1, -0.05) is 31.2 Å². The third kappa shape index (κ3) is 4.89. The lowest BCUT2D eigenvalue weighted by Crippen LogP contribution is -2.36. The molecule has 1 N–H and O–H groups in total. The zero-order chi connectivity index (χ0) is 14.2. The molecule has 0 bridgehead atoms. The van der Waals surface area contributed by atoms with Crippen LogP contribution in [-0.4, -0.2) is 38.2 Å². The van der Waals surface area contributed by atoms with Gasteiger partial charge < -0.3 is 15.0 Å². The van der Waals surface area contributed by atoms with Crippen LogP contribution < -0.4 is 5.32 Å². The van der Waals surface area contributed by atoms with Gasteiger partial charge >= 0.3 is 0 Å². The third-order valence-corrected chi connectivity index (χ3v) is 4.22. The molecule has 112 valence electrons. The molecule has 0 aliphatic carbocycles. The number of benzene rings is 1. The van der Waals surface area contributed by atoms with E-state index in [1.807, 2.05) is 0 Å². The summed E-state index contributed by atoms with van der Waals surface area (Å²) in [7, 11) is 1.74. The van der Waals surface area contributed by atoms with Crippen molar-refractivity contribution in [2.75, 3.05) is 33.3 Å². The van der Waals surface area contributed by atoms with Crippen LogP contribution in [-0.2, 0) is 17.9 Å². The predicted octanol–water partition coefficient (Wildman–Crippen LogP) is 2.65. The molecule has 0 unspecified atom stereocenters. The van der Waals surface area contributed by atoms with Gasteiger partial charge in [-0.2, -0.15) is 0 Å². The number of rotatable bonds is 7. The van der Waals surface area contributed by atoms with Crippen molar-refractivity contribution in [3.05, 3.63) is 35.4 Å². The van der Waals surface area contributed by atoms with E-state index in [0.717, 1.165) is 19.0 Å². The number of likely N-dealkylation sites (tertiary alicyclic amines) is 1. The van der Waals surface area contributed by atoms with E-state index in [-0.39, 0.29) is 0 Å². The van der Waals surface area contributed by atoms with E-state index in [9.17, 15) is 0 Å². The van der Waals surface area contributed by atoms with Crippen LogP contribution in [0, 0.1) is 5.92 Å². The summed E-state index contributed by atoms with van der Waals surface area (Å²) in [6, 6.07) is 8.65. The normalized spacial score (nSPS) is 17.5. The maximum Gasteiger partial charge on any atom is 0.0713 e. The van der Waals surface area contributed by atoms with Crippen LogP contribution in [0.4, 0.5) is 0 Å². The fourth-order valence-corrected chi connectivity index (χ4v) is 2.92. The first kappa shape index (κ1) is 15.5. The Morgan fingerprint density at radius 1 is 1.25 bits per heavy atom. The van der Waals surface area contributed by atoms with Crippen molar-refractivity contribution in [1.82, 2.24) is 10.2 Å².